The zero-order valence-corrected chi connectivity index (χ0v) is 24.4. The molecular formula is C41H34N2. The summed E-state index contributed by atoms with van der Waals surface area (Å²) in [5.41, 5.74) is 13.6. The fraction of sp³-hybridized carbons (Fsp3) is 0.122. The standard InChI is InChI=1S/C41H34N2/c1-28(34-24-14-22-31-19-12-13-23-36(31)34)35-25-26-37-38(32-17-8-4-9-18-32)27-39(33-20-10-5-11-21-33)43-41(37)40(35)42-29(2)30-15-6-3-7-16-30/h3-11,13-18,20-27,35,40H,1,12,19H2,2H3/b42-29+. The van der Waals surface area contributed by atoms with Gasteiger partial charge in [-0.05, 0) is 64.8 Å². The summed E-state index contributed by atoms with van der Waals surface area (Å²) in [7, 11) is 0. The second-order valence-electron chi connectivity index (χ2n) is 11.3. The van der Waals surface area contributed by atoms with Gasteiger partial charge in [-0.2, -0.15) is 0 Å². The fourth-order valence-electron chi connectivity index (χ4n) is 6.40. The van der Waals surface area contributed by atoms with Gasteiger partial charge in [-0.15, -0.1) is 0 Å². The lowest BCUT2D eigenvalue weighted by molar-refractivity contribution is 0.611. The molecule has 7 rings (SSSR count). The lowest BCUT2D eigenvalue weighted by Gasteiger charge is -2.31. The zero-order chi connectivity index (χ0) is 29.2. The van der Waals surface area contributed by atoms with Crippen LogP contribution in [0.5, 0.6) is 0 Å². The number of aromatic nitrogens is 1. The first kappa shape index (κ1) is 26.8. The highest BCUT2D eigenvalue weighted by molar-refractivity contribution is 5.99. The molecule has 0 spiro atoms. The number of aliphatic imine (C=N–C) groups is 1. The van der Waals surface area contributed by atoms with Gasteiger partial charge in [-0.1, -0.05) is 140 Å². The van der Waals surface area contributed by atoms with Crippen molar-refractivity contribution in [1.82, 2.24) is 4.98 Å². The van der Waals surface area contributed by atoms with Crippen LogP contribution in [0.15, 0.2) is 139 Å². The van der Waals surface area contributed by atoms with Crippen molar-refractivity contribution in [3.63, 3.8) is 0 Å². The Bertz CT molecular complexity index is 1880. The maximum absolute atomic E-state index is 5.48. The Hall–Kier alpha value is -5.08. The Morgan fingerprint density at radius 3 is 2.21 bits per heavy atom. The highest BCUT2D eigenvalue weighted by Crippen LogP contribution is 2.46. The van der Waals surface area contributed by atoms with Crippen molar-refractivity contribution in [2.45, 2.75) is 25.8 Å². The molecule has 0 N–H and O–H groups in total. The van der Waals surface area contributed by atoms with Gasteiger partial charge in [0.1, 0.15) is 6.04 Å². The van der Waals surface area contributed by atoms with Gasteiger partial charge >= 0.3 is 0 Å². The van der Waals surface area contributed by atoms with Gasteiger partial charge in [0.2, 0.25) is 0 Å². The van der Waals surface area contributed by atoms with E-state index in [2.05, 4.69) is 134 Å². The van der Waals surface area contributed by atoms with Crippen molar-refractivity contribution in [2.75, 3.05) is 0 Å². The van der Waals surface area contributed by atoms with Crippen LogP contribution in [0.4, 0.5) is 0 Å². The molecule has 2 atom stereocenters. The Kier molecular flexibility index (Phi) is 7.27. The van der Waals surface area contributed by atoms with Crippen LogP contribution >= 0.6 is 0 Å². The Labute approximate surface area is 254 Å². The number of hydrogen-bond donors (Lipinski definition) is 0. The van der Waals surface area contributed by atoms with Crippen LogP contribution in [-0.4, -0.2) is 10.7 Å². The number of hydrogen-bond acceptors (Lipinski definition) is 2. The molecule has 0 bridgehead atoms. The molecule has 4 aromatic carbocycles. The minimum atomic E-state index is -0.234. The molecule has 2 aliphatic carbocycles. The van der Waals surface area contributed by atoms with Crippen molar-refractivity contribution in [3.05, 3.63) is 168 Å². The van der Waals surface area contributed by atoms with Crippen LogP contribution in [-0.2, 0) is 6.42 Å². The minimum Gasteiger partial charge on any atom is -0.279 e. The Morgan fingerprint density at radius 2 is 1.47 bits per heavy atom. The van der Waals surface area contributed by atoms with Gasteiger partial charge in [0.15, 0.2) is 0 Å². The molecule has 0 radical (unpaired) electrons. The van der Waals surface area contributed by atoms with Gasteiger partial charge in [0.25, 0.3) is 0 Å². The molecule has 5 aromatic rings. The van der Waals surface area contributed by atoms with Crippen molar-refractivity contribution >= 4 is 23.4 Å². The molecule has 1 heterocycles. The molecule has 2 nitrogen and oxygen atoms in total. The SMILES string of the molecule is C=C(c1cccc2c1C=CCC2)C1C=Cc2c(-c3ccccc3)cc(-c3ccccc3)nc2C1/N=C(\C)c1ccccc1. The van der Waals surface area contributed by atoms with Crippen LogP contribution in [0.25, 0.3) is 40.1 Å². The van der Waals surface area contributed by atoms with Crippen molar-refractivity contribution in [3.8, 4) is 22.4 Å². The first-order valence-electron chi connectivity index (χ1n) is 15.1. The molecule has 2 heteroatoms. The summed E-state index contributed by atoms with van der Waals surface area (Å²) in [5.74, 6) is -0.0462. The lowest BCUT2D eigenvalue weighted by Crippen LogP contribution is -2.20. The quantitative estimate of drug-likeness (QED) is 0.192. The van der Waals surface area contributed by atoms with E-state index in [1.165, 1.54) is 27.8 Å². The number of aryl methyl sites for hydroxylation is 1. The Morgan fingerprint density at radius 1 is 0.767 bits per heavy atom. The van der Waals surface area contributed by atoms with Gasteiger partial charge < -0.3 is 0 Å². The highest BCUT2D eigenvalue weighted by Gasteiger charge is 2.33. The Balaban J connectivity index is 1.44. The lowest BCUT2D eigenvalue weighted by atomic mass is 9.77. The number of nitrogens with zero attached hydrogens (tertiary/aromatic N) is 2. The molecule has 1 aromatic heterocycles. The molecule has 0 aliphatic heterocycles. The van der Waals surface area contributed by atoms with Gasteiger partial charge in [0.05, 0.1) is 11.4 Å². The topological polar surface area (TPSA) is 25.2 Å². The van der Waals surface area contributed by atoms with E-state index in [0.29, 0.717) is 0 Å². The molecule has 0 fully saturated rings. The van der Waals surface area contributed by atoms with E-state index >= 15 is 0 Å². The number of rotatable bonds is 6. The molecule has 0 saturated carbocycles. The van der Waals surface area contributed by atoms with E-state index in [1.807, 2.05) is 12.1 Å². The van der Waals surface area contributed by atoms with Crippen LogP contribution in [0.3, 0.4) is 0 Å². The number of allylic oxidation sites excluding steroid dienone is 1. The summed E-state index contributed by atoms with van der Waals surface area (Å²) in [6.45, 7) is 6.85. The number of benzene rings is 4. The summed E-state index contributed by atoms with van der Waals surface area (Å²) < 4.78 is 0. The van der Waals surface area contributed by atoms with Crippen molar-refractivity contribution in [2.24, 2.45) is 10.9 Å². The van der Waals surface area contributed by atoms with E-state index < -0.39 is 0 Å². The van der Waals surface area contributed by atoms with E-state index in [4.69, 9.17) is 16.6 Å². The summed E-state index contributed by atoms with van der Waals surface area (Å²) >= 11 is 0. The second-order valence-corrected chi connectivity index (χ2v) is 11.3. The van der Waals surface area contributed by atoms with Gasteiger partial charge in [-0.25, -0.2) is 4.98 Å². The maximum Gasteiger partial charge on any atom is 0.103 e. The summed E-state index contributed by atoms with van der Waals surface area (Å²) in [4.78, 5) is 10.9. The largest absolute Gasteiger partial charge is 0.279 e. The number of pyridine rings is 1. The average molecular weight is 555 g/mol. The summed E-state index contributed by atoms with van der Waals surface area (Å²) in [5, 5.41) is 0. The predicted molar refractivity (Wildman–Crippen MR) is 182 cm³/mol. The van der Waals surface area contributed by atoms with E-state index in [0.717, 1.165) is 52.2 Å². The van der Waals surface area contributed by atoms with Gasteiger partial charge in [0, 0.05) is 22.8 Å². The van der Waals surface area contributed by atoms with Crippen LogP contribution < -0.4 is 0 Å². The monoisotopic (exact) mass is 554 g/mol. The zero-order valence-electron chi connectivity index (χ0n) is 24.4. The smallest absolute Gasteiger partial charge is 0.103 e. The third-order valence-electron chi connectivity index (χ3n) is 8.67. The summed E-state index contributed by atoms with van der Waals surface area (Å²) in [6.07, 6.45) is 11.3. The second kappa shape index (κ2) is 11.7. The molecule has 43 heavy (non-hydrogen) atoms. The van der Waals surface area contributed by atoms with Gasteiger partial charge in [-0.3, -0.25) is 4.99 Å². The predicted octanol–water partition coefficient (Wildman–Crippen LogP) is 10.3. The van der Waals surface area contributed by atoms with E-state index in [1.54, 1.807) is 0 Å². The van der Waals surface area contributed by atoms with Crippen molar-refractivity contribution < 1.29 is 0 Å². The van der Waals surface area contributed by atoms with Crippen molar-refractivity contribution in [1.29, 1.82) is 0 Å². The summed E-state index contributed by atoms with van der Waals surface area (Å²) in [6, 6.07) is 40.2. The van der Waals surface area contributed by atoms with E-state index in [-0.39, 0.29) is 12.0 Å². The van der Waals surface area contributed by atoms with E-state index in [9.17, 15) is 0 Å². The molecule has 2 aliphatic rings. The molecule has 2 unspecified atom stereocenters. The fourth-order valence-corrected chi connectivity index (χ4v) is 6.40. The first-order valence-corrected chi connectivity index (χ1v) is 15.1. The van der Waals surface area contributed by atoms with Crippen LogP contribution in [0, 0.1) is 5.92 Å². The first-order chi connectivity index (χ1) is 21.2. The minimum absolute atomic E-state index is 0.0462. The third kappa shape index (κ3) is 5.21. The molecular weight excluding hydrogens is 520 g/mol. The molecule has 0 saturated heterocycles. The maximum atomic E-state index is 5.48. The van der Waals surface area contributed by atoms with Crippen LogP contribution in [0.1, 0.15) is 52.9 Å². The normalized spacial score (nSPS) is 17.3. The third-order valence-corrected chi connectivity index (χ3v) is 8.67. The number of fused-ring (bicyclic) bond motifs is 2. The molecule has 208 valence electrons. The highest BCUT2D eigenvalue weighted by atomic mass is 14.9. The molecule has 0 amide bonds. The van der Waals surface area contributed by atoms with Crippen LogP contribution in [0.2, 0.25) is 0 Å². The average Bonchev–Trinajstić information content (AvgIpc) is 3.08.